The molecule has 0 saturated carbocycles. The van der Waals surface area contributed by atoms with Crippen molar-refractivity contribution in [3.05, 3.63) is 267 Å². The molecule has 3 nitrogen and oxygen atoms in total. The van der Waals surface area contributed by atoms with Crippen molar-refractivity contribution >= 4 is 205 Å². The third kappa shape index (κ3) is 6.67. The minimum atomic E-state index is -0.118. The summed E-state index contributed by atoms with van der Waals surface area (Å²) in [6.45, 7) is -0.118. The van der Waals surface area contributed by atoms with E-state index in [9.17, 15) is 0 Å². The van der Waals surface area contributed by atoms with Crippen LogP contribution in [0, 0.1) is 0 Å². The lowest BCUT2D eigenvalue weighted by molar-refractivity contribution is 1.16. The van der Waals surface area contributed by atoms with Gasteiger partial charge in [0.1, 0.15) is 0 Å². The molecule has 20 rings (SSSR count). The zero-order valence-corrected chi connectivity index (χ0v) is 49.2. The van der Waals surface area contributed by atoms with Crippen molar-refractivity contribution in [2.45, 2.75) is 0 Å². The summed E-state index contributed by atoms with van der Waals surface area (Å²) in [6, 6.07) is 101. The highest BCUT2D eigenvalue weighted by atomic mass is 32.1. The van der Waals surface area contributed by atoms with Gasteiger partial charge in [-0.05, 0) is 148 Å². The maximum Gasteiger partial charge on any atom is 0.252 e. The van der Waals surface area contributed by atoms with Gasteiger partial charge >= 0.3 is 0 Å². The Morgan fingerprint density at radius 3 is 1.10 bits per heavy atom. The monoisotopic (exact) mass is 1160 g/mol. The zero-order chi connectivity index (χ0) is 55.9. The Labute approximate surface area is 510 Å². The van der Waals surface area contributed by atoms with E-state index in [1.165, 1.54) is 164 Å². The van der Waals surface area contributed by atoms with Crippen LogP contribution in [0.5, 0.6) is 0 Å². The quantitative estimate of drug-likeness (QED) is 0.159. The van der Waals surface area contributed by atoms with Gasteiger partial charge in [0.2, 0.25) is 0 Å². The third-order valence-corrected chi connectivity index (χ3v) is 23.1. The number of hydrogen-bond donors (Lipinski definition) is 0. The van der Waals surface area contributed by atoms with Gasteiger partial charge in [-0.3, -0.25) is 0 Å². The van der Waals surface area contributed by atoms with E-state index in [1.807, 2.05) is 45.3 Å². The lowest BCUT2D eigenvalue weighted by Crippen LogP contribution is -2.61. The molecule has 86 heavy (non-hydrogen) atoms. The Kier molecular flexibility index (Phi) is 9.88. The van der Waals surface area contributed by atoms with Crippen LogP contribution in [0.2, 0.25) is 0 Å². The molecule has 5 aromatic heterocycles. The topological polar surface area (TPSA) is 11.4 Å². The largest absolute Gasteiger partial charge is 0.311 e. The van der Waals surface area contributed by atoms with Crippen molar-refractivity contribution in [2.75, 3.05) is 9.80 Å². The van der Waals surface area contributed by atoms with Crippen molar-refractivity contribution in [2.24, 2.45) is 0 Å². The minimum absolute atomic E-state index is 0.118. The smallest absolute Gasteiger partial charge is 0.252 e. The van der Waals surface area contributed by atoms with Crippen LogP contribution in [0.15, 0.2) is 267 Å². The van der Waals surface area contributed by atoms with E-state index in [-0.39, 0.29) is 6.71 Å². The molecule has 13 aromatic carbocycles. The van der Waals surface area contributed by atoms with E-state index in [1.54, 1.807) is 0 Å². The van der Waals surface area contributed by atoms with Gasteiger partial charge in [-0.2, -0.15) is 0 Å². The van der Waals surface area contributed by atoms with Crippen LogP contribution in [0.4, 0.5) is 34.1 Å². The fourth-order valence-corrected chi connectivity index (χ4v) is 19.4. The Balaban J connectivity index is 0.976. The number of aromatic nitrogens is 1. The summed E-state index contributed by atoms with van der Waals surface area (Å²) >= 11 is 7.61. The van der Waals surface area contributed by atoms with Crippen LogP contribution in [0.3, 0.4) is 0 Å². The molecule has 0 aliphatic carbocycles. The van der Waals surface area contributed by atoms with E-state index in [4.69, 9.17) is 0 Å². The van der Waals surface area contributed by atoms with Gasteiger partial charge in [0.25, 0.3) is 6.71 Å². The predicted molar refractivity (Wildman–Crippen MR) is 377 cm³/mol. The second-order valence-corrected chi connectivity index (χ2v) is 27.4. The number of nitrogens with zero attached hydrogens (tertiary/aromatic N) is 3. The first kappa shape index (κ1) is 47.6. The van der Waals surface area contributed by atoms with Crippen LogP contribution >= 0.6 is 45.3 Å². The molecule has 0 unspecified atom stereocenters. The molecule has 8 heteroatoms. The van der Waals surface area contributed by atoms with Gasteiger partial charge in [0, 0.05) is 114 Å². The summed E-state index contributed by atoms with van der Waals surface area (Å²) < 4.78 is 12.9. The number of fused-ring (bicyclic) bond motifs is 19. The van der Waals surface area contributed by atoms with Crippen molar-refractivity contribution in [3.8, 4) is 27.9 Å². The van der Waals surface area contributed by atoms with E-state index >= 15 is 0 Å². The second-order valence-electron chi connectivity index (χ2n) is 23.0. The average Bonchev–Trinajstić information content (AvgIpc) is 1.03. The van der Waals surface area contributed by atoms with Gasteiger partial charge < -0.3 is 14.4 Å². The number of anilines is 6. The molecule has 0 saturated heterocycles. The Hall–Kier alpha value is -9.80. The minimum Gasteiger partial charge on any atom is -0.311 e. The molecule has 0 radical (unpaired) electrons. The van der Waals surface area contributed by atoms with Crippen LogP contribution < -0.4 is 26.2 Å². The summed E-state index contributed by atoms with van der Waals surface area (Å²) in [7, 11) is 0. The summed E-state index contributed by atoms with van der Waals surface area (Å²) in [5.41, 5.74) is 19.3. The number of rotatable bonds is 5. The Morgan fingerprint density at radius 2 is 0.640 bits per heavy atom. The Bertz CT molecular complexity index is 5590. The first-order valence-electron chi connectivity index (χ1n) is 29.3. The van der Waals surface area contributed by atoms with Crippen LogP contribution in [-0.4, -0.2) is 11.3 Å². The molecule has 0 fully saturated rings. The van der Waals surface area contributed by atoms with E-state index in [0.29, 0.717) is 0 Å². The fourth-order valence-electron chi connectivity index (χ4n) is 14.9. The van der Waals surface area contributed by atoms with E-state index in [2.05, 4.69) is 281 Å². The van der Waals surface area contributed by atoms with Crippen molar-refractivity contribution < 1.29 is 0 Å². The van der Waals surface area contributed by atoms with Crippen molar-refractivity contribution in [1.82, 2.24) is 4.57 Å². The Morgan fingerprint density at radius 1 is 0.244 bits per heavy atom. The maximum atomic E-state index is 2.69. The SMILES string of the molecule is c1ccc(-c2ccc3c(c2)c2cc(-c4ccccc4)ccc2n3-c2cc3c4c(c2)N(c2cccc5sc6ccccc6c25)c2cc5c(cc2B4c2cc4sc6ccccc6c4cc2N3c2cccc3sc4ccccc4c23)sc2ccccc25)cc1. The van der Waals surface area contributed by atoms with Gasteiger partial charge in [-0.1, -0.05) is 158 Å². The third-order valence-electron chi connectivity index (χ3n) is 18.5. The van der Waals surface area contributed by atoms with Gasteiger partial charge in [0.15, 0.2) is 0 Å². The maximum absolute atomic E-state index is 2.69. The summed E-state index contributed by atoms with van der Waals surface area (Å²) in [5.74, 6) is 0. The summed E-state index contributed by atoms with van der Waals surface area (Å²) in [4.78, 5) is 5.39. The predicted octanol–water partition coefficient (Wildman–Crippen LogP) is 21.7. The van der Waals surface area contributed by atoms with Crippen molar-refractivity contribution in [3.63, 3.8) is 0 Å². The van der Waals surface area contributed by atoms with E-state index < -0.39 is 0 Å². The molecule has 0 bridgehead atoms. The summed E-state index contributed by atoms with van der Waals surface area (Å²) in [6.07, 6.45) is 0. The van der Waals surface area contributed by atoms with Gasteiger partial charge in [0.05, 0.1) is 28.1 Å². The number of benzene rings is 13. The molecule has 7 heterocycles. The first-order chi connectivity index (χ1) is 42.6. The van der Waals surface area contributed by atoms with Crippen LogP contribution in [0.25, 0.3) is 130 Å². The molecule has 2 aliphatic heterocycles. The number of hydrogen-bond acceptors (Lipinski definition) is 6. The standard InChI is InChI=1S/C78H44BN3S4/c1-3-17-45(18-4-1)47-33-35-60-54(37-47)55-38-48(46-19-5-2-6-20-46)34-36-61(55)80(60)49-39-66-78-67(40-49)82(63-26-16-32-73-77(63)53-24-10-14-30-71(53)84-73)65-42-57-51-22-8-12-28-69(51)86-75(57)44-59(65)79(78)58-43-74-56(50-21-7-11-27-68(50)85-74)41-64(58)81(66)62-25-15-31-72-76(62)52-23-9-13-29-70(52)83-72/h1-44H. The highest BCUT2D eigenvalue weighted by Gasteiger charge is 2.45. The lowest BCUT2D eigenvalue weighted by atomic mass is 9.33. The molecule has 0 amide bonds. The molecule has 0 atom stereocenters. The number of thiophene rings is 4. The van der Waals surface area contributed by atoms with Crippen molar-refractivity contribution in [1.29, 1.82) is 0 Å². The zero-order valence-electron chi connectivity index (χ0n) is 46.0. The molecular weight excluding hydrogens is 1120 g/mol. The first-order valence-corrected chi connectivity index (χ1v) is 32.6. The van der Waals surface area contributed by atoms with Crippen LogP contribution in [-0.2, 0) is 0 Å². The molecule has 2 aliphatic rings. The average molecular weight is 1160 g/mol. The van der Waals surface area contributed by atoms with Gasteiger partial charge in [-0.15, -0.1) is 45.3 Å². The van der Waals surface area contributed by atoms with E-state index in [0.717, 1.165) is 16.7 Å². The molecule has 18 aromatic rings. The fraction of sp³-hybridized carbons (Fsp3) is 0. The normalized spacial score (nSPS) is 13.0. The molecule has 398 valence electrons. The highest BCUT2D eigenvalue weighted by Crippen LogP contribution is 2.54. The van der Waals surface area contributed by atoms with Gasteiger partial charge in [-0.25, -0.2) is 0 Å². The lowest BCUT2D eigenvalue weighted by Gasteiger charge is -2.45. The molecular formula is C78H44BN3S4. The molecule has 0 spiro atoms. The van der Waals surface area contributed by atoms with Crippen LogP contribution in [0.1, 0.15) is 0 Å². The summed E-state index contributed by atoms with van der Waals surface area (Å²) in [5, 5.41) is 12.7. The second kappa shape index (κ2) is 17.9. The highest BCUT2D eigenvalue weighted by molar-refractivity contribution is 7.27. The molecule has 0 N–H and O–H groups in total.